The predicted molar refractivity (Wildman–Crippen MR) is 67.2 cm³/mol. The molecule has 1 aromatic heterocycles. The van der Waals surface area contributed by atoms with E-state index in [2.05, 4.69) is 16.6 Å². The second-order valence-electron chi connectivity index (χ2n) is 4.04. The van der Waals surface area contributed by atoms with Crippen LogP contribution in [0, 0.1) is 0 Å². The zero-order chi connectivity index (χ0) is 10.7. The Morgan fingerprint density at radius 2 is 2.40 bits per heavy atom. The number of nitrogens with zero attached hydrogens (tertiary/aromatic N) is 1. The Hall–Kier alpha value is -0.900. The van der Waals surface area contributed by atoms with E-state index in [-0.39, 0.29) is 0 Å². The first-order valence-corrected chi connectivity index (χ1v) is 6.48. The number of hydrogen-bond donors (Lipinski definition) is 2. The molecule has 15 heavy (non-hydrogen) atoms. The molecule has 1 heterocycles. The van der Waals surface area contributed by atoms with E-state index in [4.69, 9.17) is 5.73 Å². The van der Waals surface area contributed by atoms with Gasteiger partial charge in [-0.2, -0.15) is 11.8 Å². The van der Waals surface area contributed by atoms with Crippen LogP contribution in [0.5, 0.6) is 0 Å². The minimum absolute atomic E-state index is 0.421. The Bertz CT molecular complexity index is 331. The Kier molecular flexibility index (Phi) is 3.05. The smallest absolute Gasteiger partial charge is 0.149 e. The molecule has 1 fully saturated rings. The van der Waals surface area contributed by atoms with E-state index in [9.17, 15) is 0 Å². The summed E-state index contributed by atoms with van der Waals surface area (Å²) in [6, 6.07) is 3.73. The van der Waals surface area contributed by atoms with Crippen LogP contribution in [-0.4, -0.2) is 22.5 Å². The molecule has 4 heteroatoms. The largest absolute Gasteiger partial charge is 0.396 e. The Morgan fingerprint density at radius 3 is 2.93 bits per heavy atom. The van der Waals surface area contributed by atoms with Gasteiger partial charge in [0.25, 0.3) is 0 Å². The lowest BCUT2D eigenvalue weighted by molar-refractivity contribution is 0.379. The Labute approximate surface area is 94.8 Å². The molecular formula is C11H17N3S. The second-order valence-corrected chi connectivity index (χ2v) is 5.31. The minimum atomic E-state index is 0.421. The van der Waals surface area contributed by atoms with Crippen LogP contribution >= 0.6 is 11.8 Å². The summed E-state index contributed by atoms with van der Waals surface area (Å²) >= 11 is 1.95. The van der Waals surface area contributed by atoms with E-state index in [1.807, 2.05) is 23.9 Å². The van der Waals surface area contributed by atoms with Crippen LogP contribution in [-0.2, 0) is 0 Å². The third-order valence-corrected chi connectivity index (χ3v) is 4.53. The van der Waals surface area contributed by atoms with Crippen molar-refractivity contribution in [2.24, 2.45) is 0 Å². The van der Waals surface area contributed by atoms with Crippen molar-refractivity contribution >= 4 is 23.3 Å². The molecular weight excluding hydrogens is 206 g/mol. The molecule has 2 rings (SSSR count). The van der Waals surface area contributed by atoms with Crippen LogP contribution in [0.2, 0.25) is 0 Å². The fourth-order valence-corrected chi connectivity index (χ4v) is 2.75. The normalized spacial score (nSPS) is 18.2. The van der Waals surface area contributed by atoms with Gasteiger partial charge in [0.1, 0.15) is 5.82 Å². The van der Waals surface area contributed by atoms with Crippen molar-refractivity contribution in [1.82, 2.24) is 4.98 Å². The topological polar surface area (TPSA) is 50.9 Å². The van der Waals surface area contributed by atoms with Crippen LogP contribution in [0.1, 0.15) is 19.3 Å². The SMILES string of the molecule is CSC1(CNc2ncccc2N)CCC1. The minimum Gasteiger partial charge on any atom is -0.396 e. The van der Waals surface area contributed by atoms with E-state index in [1.54, 1.807) is 6.20 Å². The maximum absolute atomic E-state index is 5.82. The monoisotopic (exact) mass is 223 g/mol. The van der Waals surface area contributed by atoms with Gasteiger partial charge in [-0.25, -0.2) is 4.98 Å². The molecule has 82 valence electrons. The zero-order valence-electron chi connectivity index (χ0n) is 8.99. The van der Waals surface area contributed by atoms with E-state index in [1.165, 1.54) is 19.3 Å². The van der Waals surface area contributed by atoms with Crippen LogP contribution in [0.15, 0.2) is 18.3 Å². The van der Waals surface area contributed by atoms with Crippen molar-refractivity contribution in [3.8, 4) is 0 Å². The summed E-state index contributed by atoms with van der Waals surface area (Å²) in [5.41, 5.74) is 6.55. The maximum Gasteiger partial charge on any atom is 0.149 e. The summed E-state index contributed by atoms with van der Waals surface area (Å²) in [5, 5.41) is 3.35. The van der Waals surface area contributed by atoms with Crippen molar-refractivity contribution in [3.63, 3.8) is 0 Å². The van der Waals surface area contributed by atoms with Crippen molar-refractivity contribution < 1.29 is 0 Å². The lowest BCUT2D eigenvalue weighted by atomic mass is 9.84. The van der Waals surface area contributed by atoms with Gasteiger partial charge in [-0.3, -0.25) is 0 Å². The predicted octanol–water partition coefficient (Wildman–Crippen LogP) is 2.36. The average Bonchev–Trinajstić information content (AvgIpc) is 2.19. The molecule has 0 spiro atoms. The number of nitrogen functional groups attached to an aromatic ring is 1. The number of hydrogen-bond acceptors (Lipinski definition) is 4. The number of rotatable bonds is 4. The molecule has 1 saturated carbocycles. The van der Waals surface area contributed by atoms with E-state index in [0.29, 0.717) is 4.75 Å². The van der Waals surface area contributed by atoms with Gasteiger partial charge in [0.2, 0.25) is 0 Å². The molecule has 0 saturated heterocycles. The molecule has 1 aliphatic carbocycles. The molecule has 1 aromatic rings. The standard InChI is InChI=1S/C11H17N3S/c1-15-11(5-3-6-11)8-14-10-9(12)4-2-7-13-10/h2,4,7H,3,5-6,8,12H2,1H3,(H,13,14). The molecule has 3 N–H and O–H groups in total. The number of thioether (sulfide) groups is 1. The quantitative estimate of drug-likeness (QED) is 0.822. The second kappa shape index (κ2) is 4.31. The van der Waals surface area contributed by atoms with Crippen LogP contribution in [0.25, 0.3) is 0 Å². The highest BCUT2D eigenvalue weighted by molar-refractivity contribution is 8.00. The third-order valence-electron chi connectivity index (χ3n) is 3.11. The molecule has 0 aliphatic heterocycles. The lowest BCUT2D eigenvalue weighted by Gasteiger charge is -2.40. The van der Waals surface area contributed by atoms with Gasteiger partial charge in [0.15, 0.2) is 0 Å². The first kappa shape index (κ1) is 10.6. The fraction of sp³-hybridized carbons (Fsp3) is 0.545. The van der Waals surface area contributed by atoms with E-state index < -0.39 is 0 Å². The highest BCUT2D eigenvalue weighted by Gasteiger charge is 2.35. The number of nitrogens with one attached hydrogen (secondary N) is 1. The van der Waals surface area contributed by atoms with Crippen molar-refractivity contribution in [1.29, 1.82) is 0 Å². The van der Waals surface area contributed by atoms with Gasteiger partial charge >= 0.3 is 0 Å². The highest BCUT2D eigenvalue weighted by atomic mass is 32.2. The Morgan fingerprint density at radius 1 is 1.60 bits per heavy atom. The summed E-state index contributed by atoms with van der Waals surface area (Å²) in [7, 11) is 0. The van der Waals surface area contributed by atoms with Gasteiger partial charge in [-0.1, -0.05) is 6.42 Å². The fourth-order valence-electron chi connectivity index (χ4n) is 1.83. The van der Waals surface area contributed by atoms with Crippen molar-refractivity contribution in [2.45, 2.75) is 24.0 Å². The molecule has 0 radical (unpaired) electrons. The van der Waals surface area contributed by atoms with E-state index in [0.717, 1.165) is 18.1 Å². The highest BCUT2D eigenvalue weighted by Crippen LogP contribution is 2.42. The molecule has 0 amide bonds. The lowest BCUT2D eigenvalue weighted by Crippen LogP contribution is -2.40. The summed E-state index contributed by atoms with van der Waals surface area (Å²) in [6.07, 6.45) is 7.90. The first-order valence-electron chi connectivity index (χ1n) is 5.25. The first-order chi connectivity index (χ1) is 7.26. The van der Waals surface area contributed by atoms with Gasteiger partial charge < -0.3 is 11.1 Å². The molecule has 0 unspecified atom stereocenters. The number of anilines is 2. The van der Waals surface area contributed by atoms with Gasteiger partial charge in [-0.15, -0.1) is 0 Å². The van der Waals surface area contributed by atoms with Crippen LogP contribution in [0.4, 0.5) is 11.5 Å². The van der Waals surface area contributed by atoms with E-state index >= 15 is 0 Å². The van der Waals surface area contributed by atoms with Gasteiger partial charge in [0, 0.05) is 17.5 Å². The maximum atomic E-state index is 5.82. The van der Waals surface area contributed by atoms with Gasteiger partial charge in [-0.05, 0) is 31.2 Å². The number of pyridine rings is 1. The number of aromatic nitrogens is 1. The summed E-state index contributed by atoms with van der Waals surface area (Å²) in [6.45, 7) is 0.968. The average molecular weight is 223 g/mol. The summed E-state index contributed by atoms with van der Waals surface area (Å²) in [5.74, 6) is 0.817. The summed E-state index contributed by atoms with van der Waals surface area (Å²) in [4.78, 5) is 4.23. The molecule has 0 bridgehead atoms. The van der Waals surface area contributed by atoms with Crippen LogP contribution in [0.3, 0.4) is 0 Å². The summed E-state index contributed by atoms with van der Waals surface area (Å²) < 4.78 is 0.421. The van der Waals surface area contributed by atoms with Gasteiger partial charge in [0.05, 0.1) is 5.69 Å². The van der Waals surface area contributed by atoms with Crippen LogP contribution < -0.4 is 11.1 Å². The third kappa shape index (κ3) is 2.20. The molecule has 0 atom stereocenters. The molecule has 3 nitrogen and oxygen atoms in total. The molecule has 1 aliphatic rings. The number of nitrogens with two attached hydrogens (primary N) is 1. The molecule has 0 aromatic carbocycles. The van der Waals surface area contributed by atoms with Crippen molar-refractivity contribution in [2.75, 3.05) is 23.9 Å². The van der Waals surface area contributed by atoms with Crippen molar-refractivity contribution in [3.05, 3.63) is 18.3 Å². The zero-order valence-corrected chi connectivity index (χ0v) is 9.81. The Balaban J connectivity index is 1.95.